The lowest BCUT2D eigenvalue weighted by Crippen LogP contribution is -2.34. The van der Waals surface area contributed by atoms with E-state index in [1.165, 1.54) is 19.3 Å². The van der Waals surface area contributed by atoms with Gasteiger partial charge in [-0.25, -0.2) is 0 Å². The summed E-state index contributed by atoms with van der Waals surface area (Å²) in [6, 6.07) is 0.829. The van der Waals surface area contributed by atoms with Crippen LogP contribution in [-0.4, -0.2) is 28.3 Å². The summed E-state index contributed by atoms with van der Waals surface area (Å²) in [6.07, 6.45) is 8.81. The first-order valence-electron chi connectivity index (χ1n) is 7.22. The van der Waals surface area contributed by atoms with Crippen LogP contribution in [0.15, 0.2) is 12.4 Å². The molecule has 1 amide bonds. The summed E-state index contributed by atoms with van der Waals surface area (Å²) in [4.78, 5) is 11.9. The highest BCUT2D eigenvalue weighted by atomic mass is 16.1. The Labute approximate surface area is 114 Å². The van der Waals surface area contributed by atoms with Crippen LogP contribution in [-0.2, 0) is 4.79 Å². The minimum absolute atomic E-state index is 0.0793. The number of nitrogens with zero attached hydrogens (tertiary/aromatic N) is 2. The second-order valence-electron chi connectivity index (χ2n) is 5.54. The molecule has 1 aromatic rings. The molecule has 1 aliphatic heterocycles. The molecule has 0 aromatic carbocycles. The maximum atomic E-state index is 11.9. The van der Waals surface area contributed by atoms with Crippen LogP contribution in [0.1, 0.15) is 52.0 Å². The number of piperidine rings is 1. The van der Waals surface area contributed by atoms with Crippen LogP contribution in [0.3, 0.4) is 0 Å². The van der Waals surface area contributed by atoms with Gasteiger partial charge in [-0.05, 0) is 39.7 Å². The van der Waals surface area contributed by atoms with E-state index in [9.17, 15) is 4.79 Å². The quantitative estimate of drug-likeness (QED) is 0.858. The number of anilines is 1. The topological polar surface area (TPSA) is 59.0 Å². The molecule has 0 saturated carbocycles. The molecule has 2 N–H and O–H groups in total. The fraction of sp³-hybridized carbons (Fsp3) is 0.714. The summed E-state index contributed by atoms with van der Waals surface area (Å²) < 4.78 is 1.85. The van der Waals surface area contributed by atoms with Crippen molar-refractivity contribution in [3.05, 3.63) is 12.4 Å². The highest BCUT2D eigenvalue weighted by molar-refractivity contribution is 5.90. The average Bonchev–Trinajstić information content (AvgIpc) is 2.86. The Kier molecular flexibility index (Phi) is 4.96. The van der Waals surface area contributed by atoms with Crippen molar-refractivity contribution in [3.63, 3.8) is 0 Å². The molecule has 0 spiro atoms. The molecule has 2 rings (SSSR count). The monoisotopic (exact) mass is 264 g/mol. The van der Waals surface area contributed by atoms with Crippen LogP contribution in [0.4, 0.5) is 5.69 Å². The first-order valence-corrected chi connectivity index (χ1v) is 7.22. The van der Waals surface area contributed by atoms with E-state index in [2.05, 4.69) is 29.6 Å². The minimum Gasteiger partial charge on any atom is -0.323 e. The van der Waals surface area contributed by atoms with Crippen molar-refractivity contribution in [1.82, 2.24) is 15.1 Å². The Hall–Kier alpha value is -1.36. The molecule has 0 aliphatic carbocycles. The van der Waals surface area contributed by atoms with Gasteiger partial charge in [-0.1, -0.05) is 6.42 Å². The zero-order valence-corrected chi connectivity index (χ0v) is 11.9. The third-order valence-corrected chi connectivity index (χ3v) is 3.55. The van der Waals surface area contributed by atoms with Crippen molar-refractivity contribution in [2.24, 2.45) is 0 Å². The molecule has 1 atom stereocenters. The van der Waals surface area contributed by atoms with E-state index in [-0.39, 0.29) is 5.91 Å². The molecule has 106 valence electrons. The summed E-state index contributed by atoms with van der Waals surface area (Å²) in [5, 5.41) is 10.6. The van der Waals surface area contributed by atoms with Gasteiger partial charge in [0.1, 0.15) is 0 Å². The Morgan fingerprint density at radius 3 is 3.05 bits per heavy atom. The van der Waals surface area contributed by atoms with Crippen molar-refractivity contribution in [3.8, 4) is 0 Å². The molecule has 2 heterocycles. The molecule has 1 unspecified atom stereocenters. The molecule has 1 aliphatic rings. The average molecular weight is 264 g/mol. The van der Waals surface area contributed by atoms with E-state index in [4.69, 9.17) is 0 Å². The van der Waals surface area contributed by atoms with Crippen molar-refractivity contribution in [1.29, 1.82) is 0 Å². The van der Waals surface area contributed by atoms with Crippen molar-refractivity contribution < 1.29 is 4.79 Å². The van der Waals surface area contributed by atoms with E-state index in [0.29, 0.717) is 18.5 Å². The van der Waals surface area contributed by atoms with Crippen LogP contribution in [0.25, 0.3) is 0 Å². The van der Waals surface area contributed by atoms with Gasteiger partial charge in [0, 0.05) is 24.7 Å². The van der Waals surface area contributed by atoms with Crippen molar-refractivity contribution >= 4 is 11.6 Å². The lowest BCUT2D eigenvalue weighted by Gasteiger charge is -2.22. The number of carbonyl (C=O) groups excluding carboxylic acids is 1. The SMILES string of the molecule is CC(C)n1cc(NC(=O)CCC2CCCCN2)cn1. The molecule has 0 radical (unpaired) electrons. The highest BCUT2D eigenvalue weighted by Gasteiger charge is 2.14. The smallest absolute Gasteiger partial charge is 0.224 e. The summed E-state index contributed by atoms with van der Waals surface area (Å²) in [5.41, 5.74) is 0.787. The van der Waals surface area contributed by atoms with Crippen molar-refractivity contribution in [2.75, 3.05) is 11.9 Å². The van der Waals surface area contributed by atoms with Gasteiger partial charge >= 0.3 is 0 Å². The number of carbonyl (C=O) groups is 1. The van der Waals surface area contributed by atoms with E-state index < -0.39 is 0 Å². The zero-order valence-electron chi connectivity index (χ0n) is 11.9. The Morgan fingerprint density at radius 1 is 1.58 bits per heavy atom. The van der Waals surface area contributed by atoms with Gasteiger partial charge in [0.15, 0.2) is 0 Å². The van der Waals surface area contributed by atoms with Crippen LogP contribution < -0.4 is 10.6 Å². The number of rotatable bonds is 5. The third-order valence-electron chi connectivity index (χ3n) is 3.55. The predicted octanol–water partition coefficient (Wildman–Crippen LogP) is 2.32. The molecule has 5 heteroatoms. The molecule has 1 fully saturated rings. The van der Waals surface area contributed by atoms with Gasteiger partial charge in [-0.15, -0.1) is 0 Å². The Morgan fingerprint density at radius 2 is 2.42 bits per heavy atom. The molecular formula is C14H24N4O. The molecular weight excluding hydrogens is 240 g/mol. The van der Waals surface area contributed by atoms with Crippen LogP contribution in [0.2, 0.25) is 0 Å². The molecule has 19 heavy (non-hydrogen) atoms. The summed E-state index contributed by atoms with van der Waals surface area (Å²) in [6.45, 7) is 5.22. The standard InChI is InChI=1S/C14H24N4O/c1-11(2)18-10-13(9-16-18)17-14(19)7-6-12-5-3-4-8-15-12/h9-12,15H,3-8H2,1-2H3,(H,17,19). The summed E-state index contributed by atoms with van der Waals surface area (Å²) in [7, 11) is 0. The van der Waals surface area contributed by atoms with Gasteiger partial charge < -0.3 is 10.6 Å². The van der Waals surface area contributed by atoms with Crippen LogP contribution in [0.5, 0.6) is 0 Å². The van der Waals surface area contributed by atoms with Crippen LogP contribution in [0, 0.1) is 0 Å². The van der Waals surface area contributed by atoms with E-state index in [1.54, 1.807) is 6.20 Å². The fourth-order valence-corrected chi connectivity index (χ4v) is 2.38. The maximum Gasteiger partial charge on any atom is 0.224 e. The zero-order chi connectivity index (χ0) is 13.7. The minimum atomic E-state index is 0.0793. The molecule has 5 nitrogen and oxygen atoms in total. The van der Waals surface area contributed by atoms with E-state index >= 15 is 0 Å². The summed E-state index contributed by atoms with van der Waals surface area (Å²) in [5.74, 6) is 0.0793. The predicted molar refractivity (Wildman–Crippen MR) is 76.1 cm³/mol. The molecule has 1 saturated heterocycles. The lowest BCUT2D eigenvalue weighted by atomic mass is 10.0. The number of hydrogen-bond donors (Lipinski definition) is 2. The van der Waals surface area contributed by atoms with Gasteiger partial charge in [0.2, 0.25) is 5.91 Å². The maximum absolute atomic E-state index is 11.9. The second kappa shape index (κ2) is 6.70. The molecule has 0 bridgehead atoms. The third kappa shape index (κ3) is 4.35. The normalized spacial score (nSPS) is 19.6. The van der Waals surface area contributed by atoms with E-state index in [1.807, 2.05) is 10.9 Å². The summed E-state index contributed by atoms with van der Waals surface area (Å²) >= 11 is 0. The van der Waals surface area contributed by atoms with Gasteiger partial charge in [0.25, 0.3) is 0 Å². The first-order chi connectivity index (χ1) is 9.15. The Bertz CT molecular complexity index is 407. The number of aromatic nitrogens is 2. The number of nitrogens with one attached hydrogen (secondary N) is 2. The number of amides is 1. The Balaban J connectivity index is 1.73. The van der Waals surface area contributed by atoms with E-state index in [0.717, 1.165) is 18.7 Å². The lowest BCUT2D eigenvalue weighted by molar-refractivity contribution is -0.116. The fourth-order valence-electron chi connectivity index (χ4n) is 2.38. The van der Waals surface area contributed by atoms with Gasteiger partial charge in [-0.3, -0.25) is 9.48 Å². The first kappa shape index (κ1) is 14.1. The largest absolute Gasteiger partial charge is 0.323 e. The second-order valence-corrected chi connectivity index (χ2v) is 5.54. The van der Waals surface area contributed by atoms with Gasteiger partial charge in [-0.2, -0.15) is 5.10 Å². The van der Waals surface area contributed by atoms with Crippen LogP contribution >= 0.6 is 0 Å². The van der Waals surface area contributed by atoms with Crippen molar-refractivity contribution in [2.45, 2.75) is 58.0 Å². The number of hydrogen-bond acceptors (Lipinski definition) is 3. The van der Waals surface area contributed by atoms with Gasteiger partial charge in [0.05, 0.1) is 11.9 Å². The molecule has 1 aromatic heterocycles. The highest BCUT2D eigenvalue weighted by Crippen LogP contribution is 2.14.